The molecular formula is C17H19NO2. The number of carboxylic acid groups (broad SMARTS) is 1. The number of nitrogens with one attached hydrogen (secondary N) is 1. The van der Waals surface area contributed by atoms with Crippen LogP contribution in [0.2, 0.25) is 0 Å². The Labute approximate surface area is 119 Å². The monoisotopic (exact) mass is 269 g/mol. The molecule has 0 spiro atoms. The van der Waals surface area contributed by atoms with Gasteiger partial charge in [-0.3, -0.25) is 5.32 Å². The van der Waals surface area contributed by atoms with Gasteiger partial charge in [-0.05, 0) is 16.5 Å². The SMILES string of the molecule is CC(C)(C)c1cccc(-c2ccccc2)c1NC(=O)O. The van der Waals surface area contributed by atoms with E-state index in [1.807, 2.05) is 48.5 Å². The summed E-state index contributed by atoms with van der Waals surface area (Å²) in [6.45, 7) is 6.22. The van der Waals surface area contributed by atoms with Crippen LogP contribution < -0.4 is 5.32 Å². The summed E-state index contributed by atoms with van der Waals surface area (Å²) < 4.78 is 0. The Balaban J connectivity index is 2.65. The van der Waals surface area contributed by atoms with Crippen LogP contribution in [-0.4, -0.2) is 11.2 Å². The van der Waals surface area contributed by atoms with Gasteiger partial charge in [-0.2, -0.15) is 0 Å². The molecule has 0 aliphatic carbocycles. The molecule has 2 N–H and O–H groups in total. The average molecular weight is 269 g/mol. The van der Waals surface area contributed by atoms with E-state index < -0.39 is 6.09 Å². The van der Waals surface area contributed by atoms with Gasteiger partial charge >= 0.3 is 6.09 Å². The van der Waals surface area contributed by atoms with Gasteiger partial charge in [0.2, 0.25) is 0 Å². The summed E-state index contributed by atoms with van der Waals surface area (Å²) in [5, 5.41) is 11.7. The Bertz CT molecular complexity index is 613. The summed E-state index contributed by atoms with van der Waals surface area (Å²) in [5.41, 5.74) is 3.42. The number of hydrogen-bond acceptors (Lipinski definition) is 1. The van der Waals surface area contributed by atoms with Crippen molar-refractivity contribution in [2.75, 3.05) is 5.32 Å². The molecule has 0 aliphatic heterocycles. The van der Waals surface area contributed by atoms with E-state index in [-0.39, 0.29) is 5.41 Å². The van der Waals surface area contributed by atoms with Crippen LogP contribution in [0.25, 0.3) is 11.1 Å². The summed E-state index contributed by atoms with van der Waals surface area (Å²) >= 11 is 0. The minimum absolute atomic E-state index is 0.136. The van der Waals surface area contributed by atoms with Crippen molar-refractivity contribution < 1.29 is 9.90 Å². The molecule has 2 rings (SSSR count). The normalized spacial score (nSPS) is 11.2. The Morgan fingerprint density at radius 3 is 2.20 bits per heavy atom. The minimum atomic E-state index is -1.04. The Hall–Kier alpha value is -2.29. The van der Waals surface area contributed by atoms with Gasteiger partial charge in [-0.15, -0.1) is 0 Å². The number of amides is 1. The molecule has 0 saturated heterocycles. The van der Waals surface area contributed by atoms with Gasteiger partial charge in [0.1, 0.15) is 0 Å². The Kier molecular flexibility index (Phi) is 3.79. The molecule has 0 saturated carbocycles. The van der Waals surface area contributed by atoms with E-state index in [1.54, 1.807) is 0 Å². The molecule has 3 nitrogen and oxygen atoms in total. The number of rotatable bonds is 2. The predicted molar refractivity (Wildman–Crippen MR) is 82.2 cm³/mol. The quantitative estimate of drug-likeness (QED) is 0.827. The van der Waals surface area contributed by atoms with Gasteiger partial charge in [0.25, 0.3) is 0 Å². The zero-order valence-corrected chi connectivity index (χ0v) is 12.0. The van der Waals surface area contributed by atoms with Crippen molar-refractivity contribution in [1.82, 2.24) is 0 Å². The number of anilines is 1. The van der Waals surface area contributed by atoms with Gasteiger partial charge in [-0.1, -0.05) is 69.3 Å². The van der Waals surface area contributed by atoms with Crippen molar-refractivity contribution in [1.29, 1.82) is 0 Å². The molecule has 0 aliphatic rings. The molecule has 0 aromatic heterocycles. The van der Waals surface area contributed by atoms with E-state index in [4.69, 9.17) is 5.11 Å². The van der Waals surface area contributed by atoms with Crippen molar-refractivity contribution in [2.45, 2.75) is 26.2 Å². The zero-order chi connectivity index (χ0) is 14.8. The number of hydrogen-bond donors (Lipinski definition) is 2. The fraction of sp³-hybridized carbons (Fsp3) is 0.235. The van der Waals surface area contributed by atoms with Gasteiger partial charge in [0.05, 0.1) is 5.69 Å². The third kappa shape index (κ3) is 2.99. The van der Waals surface area contributed by atoms with E-state index in [9.17, 15) is 4.79 Å². The summed E-state index contributed by atoms with van der Waals surface area (Å²) in [4.78, 5) is 11.1. The Morgan fingerprint density at radius 2 is 1.65 bits per heavy atom. The molecular weight excluding hydrogens is 250 g/mol. The largest absolute Gasteiger partial charge is 0.465 e. The first-order chi connectivity index (χ1) is 9.39. The van der Waals surface area contributed by atoms with Crippen LogP contribution in [0.15, 0.2) is 48.5 Å². The van der Waals surface area contributed by atoms with Crippen LogP contribution in [0.1, 0.15) is 26.3 Å². The smallest absolute Gasteiger partial charge is 0.409 e. The van der Waals surface area contributed by atoms with E-state index >= 15 is 0 Å². The first-order valence-corrected chi connectivity index (χ1v) is 6.58. The lowest BCUT2D eigenvalue weighted by Crippen LogP contribution is -2.18. The van der Waals surface area contributed by atoms with Crippen molar-refractivity contribution in [3.63, 3.8) is 0 Å². The average Bonchev–Trinajstić information content (AvgIpc) is 2.38. The second kappa shape index (κ2) is 5.37. The van der Waals surface area contributed by atoms with Crippen LogP contribution in [0.3, 0.4) is 0 Å². The molecule has 0 atom stereocenters. The highest BCUT2D eigenvalue weighted by molar-refractivity contribution is 5.92. The van der Waals surface area contributed by atoms with Gasteiger partial charge in [-0.25, -0.2) is 4.79 Å². The van der Waals surface area contributed by atoms with Crippen molar-refractivity contribution in [3.05, 3.63) is 54.1 Å². The first-order valence-electron chi connectivity index (χ1n) is 6.58. The highest BCUT2D eigenvalue weighted by atomic mass is 16.4. The van der Waals surface area contributed by atoms with E-state index in [0.29, 0.717) is 5.69 Å². The van der Waals surface area contributed by atoms with E-state index in [0.717, 1.165) is 16.7 Å². The van der Waals surface area contributed by atoms with Crippen LogP contribution >= 0.6 is 0 Å². The molecule has 0 bridgehead atoms. The summed E-state index contributed by atoms with van der Waals surface area (Å²) in [5.74, 6) is 0. The summed E-state index contributed by atoms with van der Waals surface area (Å²) in [7, 11) is 0. The molecule has 0 unspecified atom stereocenters. The van der Waals surface area contributed by atoms with Crippen LogP contribution in [0.4, 0.5) is 10.5 Å². The molecule has 2 aromatic carbocycles. The van der Waals surface area contributed by atoms with Crippen LogP contribution in [-0.2, 0) is 5.41 Å². The molecule has 0 heterocycles. The maximum atomic E-state index is 11.1. The molecule has 3 heteroatoms. The van der Waals surface area contributed by atoms with Crippen molar-refractivity contribution in [2.24, 2.45) is 0 Å². The van der Waals surface area contributed by atoms with Gasteiger partial charge < -0.3 is 5.11 Å². The molecule has 1 amide bonds. The van der Waals surface area contributed by atoms with E-state index in [1.165, 1.54) is 0 Å². The number of carbonyl (C=O) groups is 1. The molecule has 2 aromatic rings. The standard InChI is InChI=1S/C17H19NO2/c1-17(2,3)14-11-7-10-13(15(14)18-16(19)20)12-8-5-4-6-9-12/h4-11,18H,1-3H3,(H,19,20). The molecule has 104 valence electrons. The lowest BCUT2D eigenvalue weighted by Gasteiger charge is -2.24. The maximum Gasteiger partial charge on any atom is 0.409 e. The first kappa shape index (κ1) is 14.1. The fourth-order valence-electron chi connectivity index (χ4n) is 2.28. The van der Waals surface area contributed by atoms with Crippen LogP contribution in [0.5, 0.6) is 0 Å². The third-order valence-corrected chi connectivity index (χ3v) is 3.19. The molecule has 0 radical (unpaired) electrons. The third-order valence-electron chi connectivity index (χ3n) is 3.19. The second-order valence-electron chi connectivity index (χ2n) is 5.77. The molecule has 0 fully saturated rings. The van der Waals surface area contributed by atoms with Gasteiger partial charge in [0, 0.05) is 5.56 Å². The van der Waals surface area contributed by atoms with Gasteiger partial charge in [0.15, 0.2) is 0 Å². The summed E-state index contributed by atoms with van der Waals surface area (Å²) in [6, 6.07) is 15.7. The summed E-state index contributed by atoms with van der Waals surface area (Å²) in [6.07, 6.45) is -1.04. The number of para-hydroxylation sites is 1. The lowest BCUT2D eigenvalue weighted by atomic mass is 9.83. The van der Waals surface area contributed by atoms with Crippen molar-refractivity contribution in [3.8, 4) is 11.1 Å². The van der Waals surface area contributed by atoms with E-state index in [2.05, 4.69) is 26.1 Å². The predicted octanol–water partition coefficient (Wildman–Crippen LogP) is 4.74. The second-order valence-corrected chi connectivity index (χ2v) is 5.77. The number of benzene rings is 2. The minimum Gasteiger partial charge on any atom is -0.465 e. The van der Waals surface area contributed by atoms with Crippen molar-refractivity contribution >= 4 is 11.8 Å². The zero-order valence-electron chi connectivity index (χ0n) is 12.0. The Morgan fingerprint density at radius 1 is 1.00 bits per heavy atom. The lowest BCUT2D eigenvalue weighted by molar-refractivity contribution is 0.209. The van der Waals surface area contributed by atoms with Crippen LogP contribution in [0, 0.1) is 0 Å². The fourth-order valence-corrected chi connectivity index (χ4v) is 2.28. The highest BCUT2D eigenvalue weighted by Crippen LogP contribution is 2.37. The topological polar surface area (TPSA) is 49.3 Å². The highest BCUT2D eigenvalue weighted by Gasteiger charge is 2.21. The maximum absolute atomic E-state index is 11.1. The molecule has 20 heavy (non-hydrogen) atoms.